The van der Waals surface area contributed by atoms with Crippen LogP contribution in [-0.2, 0) is 6.42 Å². The molecule has 1 nitrogen and oxygen atoms in total. The number of allylic oxidation sites excluding steroid dienone is 2. The van der Waals surface area contributed by atoms with Gasteiger partial charge in [0.1, 0.15) is 5.75 Å². The molecular weight excluding hydrogens is 160 g/mol. The van der Waals surface area contributed by atoms with E-state index < -0.39 is 0 Å². The molecule has 0 spiro atoms. The molecule has 13 heavy (non-hydrogen) atoms. The van der Waals surface area contributed by atoms with E-state index in [2.05, 4.69) is 13.0 Å². The van der Waals surface area contributed by atoms with Crippen molar-refractivity contribution in [2.45, 2.75) is 26.7 Å². The first kappa shape index (κ1) is 9.85. The summed E-state index contributed by atoms with van der Waals surface area (Å²) in [5.41, 5.74) is 2.40. The third-order valence-electron chi connectivity index (χ3n) is 2.27. The lowest BCUT2D eigenvalue weighted by Gasteiger charge is -2.03. The van der Waals surface area contributed by atoms with Crippen molar-refractivity contribution in [3.05, 3.63) is 41.5 Å². The molecule has 0 aliphatic rings. The van der Waals surface area contributed by atoms with Gasteiger partial charge < -0.3 is 5.11 Å². The highest BCUT2D eigenvalue weighted by molar-refractivity contribution is 5.32. The Kier molecular flexibility index (Phi) is 3.56. The summed E-state index contributed by atoms with van der Waals surface area (Å²) in [5, 5.41) is 9.48. The van der Waals surface area contributed by atoms with Crippen LogP contribution in [0.2, 0.25) is 0 Å². The molecule has 0 unspecified atom stereocenters. The highest BCUT2D eigenvalue weighted by Gasteiger charge is 1.98. The summed E-state index contributed by atoms with van der Waals surface area (Å²) < 4.78 is 0. The van der Waals surface area contributed by atoms with Gasteiger partial charge in [-0.3, -0.25) is 0 Å². The SMILES string of the molecule is CC=C(C)CCc1ccccc1O. The normalized spacial score (nSPS) is 11.7. The van der Waals surface area contributed by atoms with Crippen LogP contribution in [0.5, 0.6) is 5.75 Å². The van der Waals surface area contributed by atoms with Gasteiger partial charge in [0, 0.05) is 0 Å². The average molecular weight is 176 g/mol. The Morgan fingerprint density at radius 2 is 2.08 bits per heavy atom. The minimum absolute atomic E-state index is 0.409. The van der Waals surface area contributed by atoms with Gasteiger partial charge in [0.15, 0.2) is 0 Å². The summed E-state index contributed by atoms with van der Waals surface area (Å²) in [7, 11) is 0. The van der Waals surface area contributed by atoms with Gasteiger partial charge in [0.05, 0.1) is 0 Å². The van der Waals surface area contributed by atoms with Crippen molar-refractivity contribution in [2.24, 2.45) is 0 Å². The van der Waals surface area contributed by atoms with Gasteiger partial charge in [-0.1, -0.05) is 29.8 Å². The molecule has 0 radical (unpaired) electrons. The molecule has 0 amide bonds. The summed E-state index contributed by atoms with van der Waals surface area (Å²) in [6.07, 6.45) is 4.05. The van der Waals surface area contributed by atoms with Gasteiger partial charge in [-0.05, 0) is 38.3 Å². The second-order valence-electron chi connectivity index (χ2n) is 3.26. The maximum absolute atomic E-state index is 9.48. The van der Waals surface area contributed by atoms with Gasteiger partial charge in [-0.15, -0.1) is 0 Å². The van der Waals surface area contributed by atoms with Gasteiger partial charge in [-0.25, -0.2) is 0 Å². The zero-order valence-electron chi connectivity index (χ0n) is 8.25. The van der Waals surface area contributed by atoms with Crippen LogP contribution in [-0.4, -0.2) is 5.11 Å². The fourth-order valence-corrected chi connectivity index (χ4v) is 1.20. The van der Waals surface area contributed by atoms with Crippen molar-refractivity contribution >= 4 is 0 Å². The Labute approximate surface area is 79.7 Å². The molecule has 0 saturated heterocycles. The molecule has 0 atom stereocenters. The van der Waals surface area contributed by atoms with Gasteiger partial charge >= 0.3 is 0 Å². The minimum atomic E-state index is 0.409. The van der Waals surface area contributed by atoms with E-state index in [0.29, 0.717) is 5.75 Å². The number of benzene rings is 1. The van der Waals surface area contributed by atoms with Crippen LogP contribution in [0.25, 0.3) is 0 Å². The summed E-state index contributed by atoms with van der Waals surface area (Å²) in [5.74, 6) is 0.409. The summed E-state index contributed by atoms with van der Waals surface area (Å²) in [6, 6.07) is 7.51. The maximum atomic E-state index is 9.48. The van der Waals surface area contributed by atoms with Gasteiger partial charge in [0.25, 0.3) is 0 Å². The van der Waals surface area contributed by atoms with Crippen LogP contribution in [0.1, 0.15) is 25.8 Å². The summed E-state index contributed by atoms with van der Waals surface area (Å²) in [4.78, 5) is 0. The van der Waals surface area contributed by atoms with Crippen molar-refractivity contribution in [1.82, 2.24) is 0 Å². The zero-order valence-corrected chi connectivity index (χ0v) is 8.25. The molecule has 0 heterocycles. The first-order valence-electron chi connectivity index (χ1n) is 4.62. The molecule has 0 aliphatic heterocycles. The topological polar surface area (TPSA) is 20.2 Å². The molecule has 0 bridgehead atoms. The molecule has 1 rings (SSSR count). The van der Waals surface area contributed by atoms with Crippen molar-refractivity contribution in [1.29, 1.82) is 0 Å². The smallest absolute Gasteiger partial charge is 0.118 e. The third-order valence-corrected chi connectivity index (χ3v) is 2.27. The van der Waals surface area contributed by atoms with Gasteiger partial charge in [-0.2, -0.15) is 0 Å². The first-order valence-corrected chi connectivity index (χ1v) is 4.62. The monoisotopic (exact) mass is 176 g/mol. The highest BCUT2D eigenvalue weighted by atomic mass is 16.3. The van der Waals surface area contributed by atoms with E-state index in [-0.39, 0.29) is 0 Å². The van der Waals surface area contributed by atoms with Crippen LogP contribution >= 0.6 is 0 Å². The molecule has 1 aromatic carbocycles. The van der Waals surface area contributed by atoms with Gasteiger partial charge in [0.2, 0.25) is 0 Å². The number of rotatable bonds is 3. The van der Waals surface area contributed by atoms with E-state index >= 15 is 0 Å². The molecule has 70 valence electrons. The Morgan fingerprint density at radius 1 is 1.38 bits per heavy atom. The Bertz CT molecular complexity index is 300. The quantitative estimate of drug-likeness (QED) is 0.701. The minimum Gasteiger partial charge on any atom is -0.508 e. The molecule has 0 fully saturated rings. The molecule has 0 aromatic heterocycles. The Hall–Kier alpha value is -1.24. The standard InChI is InChI=1S/C12H16O/c1-3-10(2)8-9-11-6-4-5-7-12(11)13/h3-7,13H,8-9H2,1-2H3. The Morgan fingerprint density at radius 3 is 2.69 bits per heavy atom. The number of hydrogen-bond donors (Lipinski definition) is 1. The van der Waals surface area contributed by atoms with Crippen molar-refractivity contribution < 1.29 is 5.11 Å². The lowest BCUT2D eigenvalue weighted by Crippen LogP contribution is -1.86. The maximum Gasteiger partial charge on any atom is 0.118 e. The summed E-state index contributed by atoms with van der Waals surface area (Å²) >= 11 is 0. The van der Waals surface area contributed by atoms with E-state index in [0.717, 1.165) is 18.4 Å². The lowest BCUT2D eigenvalue weighted by molar-refractivity contribution is 0.468. The number of para-hydroxylation sites is 1. The van der Waals surface area contributed by atoms with E-state index in [1.54, 1.807) is 6.07 Å². The van der Waals surface area contributed by atoms with Crippen LogP contribution in [0, 0.1) is 0 Å². The number of phenolic OH excluding ortho intramolecular Hbond substituents is 1. The number of aryl methyl sites for hydroxylation is 1. The first-order chi connectivity index (χ1) is 6.24. The second kappa shape index (κ2) is 4.70. The van der Waals surface area contributed by atoms with E-state index in [1.165, 1.54) is 5.57 Å². The molecule has 1 heteroatoms. The average Bonchev–Trinajstić information content (AvgIpc) is 2.16. The fourth-order valence-electron chi connectivity index (χ4n) is 1.20. The highest BCUT2D eigenvalue weighted by Crippen LogP contribution is 2.18. The molecule has 1 aromatic rings. The third kappa shape index (κ3) is 2.94. The number of hydrogen-bond acceptors (Lipinski definition) is 1. The lowest BCUT2D eigenvalue weighted by atomic mass is 10.0. The molecule has 0 saturated carbocycles. The van der Waals surface area contributed by atoms with E-state index in [4.69, 9.17) is 0 Å². The summed E-state index contributed by atoms with van der Waals surface area (Å²) in [6.45, 7) is 4.15. The van der Waals surface area contributed by atoms with Crippen LogP contribution in [0.3, 0.4) is 0 Å². The fraction of sp³-hybridized carbons (Fsp3) is 0.333. The zero-order chi connectivity index (χ0) is 9.68. The van der Waals surface area contributed by atoms with Crippen LogP contribution < -0.4 is 0 Å². The molecule has 0 aliphatic carbocycles. The van der Waals surface area contributed by atoms with Crippen LogP contribution in [0.15, 0.2) is 35.9 Å². The van der Waals surface area contributed by atoms with Crippen molar-refractivity contribution in [3.63, 3.8) is 0 Å². The van der Waals surface area contributed by atoms with E-state index in [9.17, 15) is 5.11 Å². The predicted octanol–water partition coefficient (Wildman–Crippen LogP) is 3.29. The predicted molar refractivity (Wildman–Crippen MR) is 55.9 cm³/mol. The second-order valence-corrected chi connectivity index (χ2v) is 3.26. The molecular formula is C12H16O. The largest absolute Gasteiger partial charge is 0.508 e. The Balaban J connectivity index is 2.60. The number of aromatic hydroxyl groups is 1. The van der Waals surface area contributed by atoms with Crippen LogP contribution in [0.4, 0.5) is 0 Å². The van der Waals surface area contributed by atoms with Crippen molar-refractivity contribution in [3.8, 4) is 5.75 Å². The van der Waals surface area contributed by atoms with Crippen molar-refractivity contribution in [2.75, 3.05) is 0 Å². The molecule has 1 N–H and O–H groups in total. The number of phenols is 1. The van der Waals surface area contributed by atoms with E-state index in [1.807, 2.05) is 25.1 Å².